The van der Waals surface area contributed by atoms with Gasteiger partial charge in [0.25, 0.3) is 0 Å². The quantitative estimate of drug-likeness (QED) is 0.434. The summed E-state index contributed by atoms with van der Waals surface area (Å²) < 4.78 is 5.40. The van der Waals surface area contributed by atoms with E-state index in [0.717, 1.165) is 24.9 Å². The van der Waals surface area contributed by atoms with Crippen molar-refractivity contribution in [2.75, 3.05) is 13.2 Å². The first-order valence-corrected chi connectivity index (χ1v) is 6.37. The molecule has 0 unspecified atom stereocenters. The van der Waals surface area contributed by atoms with Crippen molar-refractivity contribution in [3.8, 4) is 5.88 Å². The summed E-state index contributed by atoms with van der Waals surface area (Å²) in [5.41, 5.74) is 6.71. The molecule has 0 bridgehead atoms. The molecule has 0 aliphatic carbocycles. The molecule has 108 valence electrons. The van der Waals surface area contributed by atoms with E-state index in [0.29, 0.717) is 25.0 Å². The molecule has 3 N–H and O–H groups in total. The Bertz CT molecular complexity index is 367. The van der Waals surface area contributed by atoms with Crippen LogP contribution < -0.4 is 15.8 Å². The number of pyridine rings is 1. The second-order valence-corrected chi connectivity index (χ2v) is 3.98. The Balaban J connectivity index is 0.00000324. The van der Waals surface area contributed by atoms with E-state index in [2.05, 4.69) is 29.1 Å². The zero-order chi connectivity index (χ0) is 13.2. The molecule has 0 amide bonds. The lowest BCUT2D eigenvalue weighted by molar-refractivity contribution is 0.305. The van der Waals surface area contributed by atoms with Crippen LogP contribution in [0.1, 0.15) is 32.3 Å². The Morgan fingerprint density at radius 2 is 2.16 bits per heavy atom. The van der Waals surface area contributed by atoms with Gasteiger partial charge in [0.2, 0.25) is 5.88 Å². The molecule has 1 aromatic rings. The van der Waals surface area contributed by atoms with Crippen LogP contribution in [0.15, 0.2) is 23.3 Å². The highest BCUT2D eigenvalue weighted by atomic mass is 127. The van der Waals surface area contributed by atoms with Crippen molar-refractivity contribution < 1.29 is 4.74 Å². The Kier molecular flexibility index (Phi) is 10.2. The smallest absolute Gasteiger partial charge is 0.213 e. The number of rotatable bonds is 7. The molecule has 19 heavy (non-hydrogen) atoms. The third-order valence-electron chi connectivity index (χ3n) is 2.24. The average Bonchev–Trinajstić information content (AvgIpc) is 2.41. The number of guanidine groups is 1. The van der Waals surface area contributed by atoms with Gasteiger partial charge in [-0.1, -0.05) is 19.9 Å². The van der Waals surface area contributed by atoms with Crippen LogP contribution in [-0.4, -0.2) is 24.1 Å². The molecule has 1 rings (SSSR count). The van der Waals surface area contributed by atoms with E-state index in [1.165, 1.54) is 0 Å². The summed E-state index contributed by atoms with van der Waals surface area (Å²) in [4.78, 5) is 8.43. The van der Waals surface area contributed by atoms with Gasteiger partial charge in [0.05, 0.1) is 13.2 Å². The zero-order valence-corrected chi connectivity index (χ0v) is 13.9. The molecular formula is C13H23IN4O. The summed E-state index contributed by atoms with van der Waals surface area (Å²) in [6.07, 6.45) is 3.77. The number of nitrogens with zero attached hydrogens (tertiary/aromatic N) is 2. The number of nitrogens with two attached hydrogens (primary N) is 1. The van der Waals surface area contributed by atoms with Gasteiger partial charge in [0, 0.05) is 18.8 Å². The zero-order valence-electron chi connectivity index (χ0n) is 11.6. The highest BCUT2D eigenvalue weighted by molar-refractivity contribution is 14.0. The monoisotopic (exact) mass is 378 g/mol. The summed E-state index contributed by atoms with van der Waals surface area (Å²) in [6.45, 7) is 6.22. The minimum atomic E-state index is 0. The molecule has 1 aromatic heterocycles. The number of hydrogen-bond donors (Lipinski definition) is 2. The molecule has 6 heteroatoms. The lowest BCUT2D eigenvalue weighted by Crippen LogP contribution is -2.32. The number of aromatic nitrogens is 1. The van der Waals surface area contributed by atoms with Crippen LogP contribution in [0.5, 0.6) is 5.88 Å². The number of halogens is 1. The molecule has 0 fully saturated rings. The summed E-state index contributed by atoms with van der Waals surface area (Å²) >= 11 is 0. The third-order valence-corrected chi connectivity index (χ3v) is 2.24. The number of ether oxygens (including phenoxy) is 1. The molecule has 0 saturated heterocycles. The molecule has 5 nitrogen and oxygen atoms in total. The van der Waals surface area contributed by atoms with E-state index in [-0.39, 0.29) is 24.0 Å². The van der Waals surface area contributed by atoms with Crippen molar-refractivity contribution >= 4 is 29.9 Å². The van der Waals surface area contributed by atoms with Gasteiger partial charge in [-0.05, 0) is 18.4 Å². The summed E-state index contributed by atoms with van der Waals surface area (Å²) in [5.74, 6) is 1.13. The summed E-state index contributed by atoms with van der Waals surface area (Å²) in [6, 6.07) is 3.81. The lowest BCUT2D eigenvalue weighted by atomic mass is 10.3. The van der Waals surface area contributed by atoms with Crippen LogP contribution in [0, 0.1) is 0 Å². The standard InChI is InChI=1S/C13H22N4O.HI/c1-3-7-15-13(14)17-10-11-5-6-12(16-9-11)18-8-4-2;/h5-6,9H,3-4,7-8,10H2,1-2H3,(H3,14,15,17);1H. The molecule has 0 aromatic carbocycles. The topological polar surface area (TPSA) is 72.5 Å². The maximum atomic E-state index is 5.70. The fourth-order valence-electron chi connectivity index (χ4n) is 1.28. The minimum Gasteiger partial charge on any atom is -0.478 e. The van der Waals surface area contributed by atoms with Crippen LogP contribution in [0.4, 0.5) is 0 Å². The van der Waals surface area contributed by atoms with E-state index in [1.54, 1.807) is 6.20 Å². The summed E-state index contributed by atoms with van der Waals surface area (Å²) in [5, 5.41) is 3.02. The third kappa shape index (κ3) is 7.86. The summed E-state index contributed by atoms with van der Waals surface area (Å²) in [7, 11) is 0. The van der Waals surface area contributed by atoms with Crippen molar-refractivity contribution in [2.24, 2.45) is 10.7 Å². The predicted octanol–water partition coefficient (Wildman–Crippen LogP) is 2.30. The van der Waals surface area contributed by atoms with Gasteiger partial charge in [0.15, 0.2) is 5.96 Å². The van der Waals surface area contributed by atoms with Gasteiger partial charge >= 0.3 is 0 Å². The van der Waals surface area contributed by atoms with Gasteiger partial charge in [-0.2, -0.15) is 0 Å². The average molecular weight is 378 g/mol. The molecule has 1 heterocycles. The van der Waals surface area contributed by atoms with Gasteiger partial charge < -0.3 is 15.8 Å². The molecule has 0 saturated carbocycles. The van der Waals surface area contributed by atoms with E-state index in [1.807, 2.05) is 12.1 Å². The predicted molar refractivity (Wildman–Crippen MR) is 89.1 cm³/mol. The highest BCUT2D eigenvalue weighted by Gasteiger charge is 1.96. The second kappa shape index (κ2) is 10.8. The van der Waals surface area contributed by atoms with Crippen LogP contribution in [-0.2, 0) is 6.54 Å². The fourth-order valence-corrected chi connectivity index (χ4v) is 1.28. The lowest BCUT2D eigenvalue weighted by Gasteiger charge is -2.05. The van der Waals surface area contributed by atoms with Gasteiger partial charge in [-0.25, -0.2) is 9.98 Å². The van der Waals surface area contributed by atoms with Crippen LogP contribution in [0.25, 0.3) is 0 Å². The molecule has 0 atom stereocenters. The van der Waals surface area contributed by atoms with Crippen molar-refractivity contribution in [3.05, 3.63) is 23.9 Å². The Hall–Kier alpha value is -1.05. The van der Waals surface area contributed by atoms with Gasteiger partial charge in [0.1, 0.15) is 0 Å². The number of nitrogens with one attached hydrogen (secondary N) is 1. The van der Waals surface area contributed by atoms with Gasteiger partial charge in [-0.15, -0.1) is 24.0 Å². The van der Waals surface area contributed by atoms with E-state index < -0.39 is 0 Å². The highest BCUT2D eigenvalue weighted by Crippen LogP contribution is 2.08. The minimum absolute atomic E-state index is 0. The molecule has 0 aliphatic rings. The largest absolute Gasteiger partial charge is 0.478 e. The fraction of sp³-hybridized carbons (Fsp3) is 0.538. The maximum absolute atomic E-state index is 5.70. The Labute approximate surface area is 132 Å². The number of hydrogen-bond acceptors (Lipinski definition) is 3. The molecule has 0 aliphatic heterocycles. The SMILES string of the molecule is CCCNC(N)=NCc1ccc(OCCC)nc1.I. The number of aliphatic imine (C=N–C) groups is 1. The molecule has 0 radical (unpaired) electrons. The Morgan fingerprint density at radius 3 is 2.74 bits per heavy atom. The van der Waals surface area contributed by atoms with E-state index >= 15 is 0 Å². The first-order chi connectivity index (χ1) is 8.76. The molecular weight excluding hydrogens is 355 g/mol. The van der Waals surface area contributed by atoms with Crippen molar-refractivity contribution in [2.45, 2.75) is 33.2 Å². The van der Waals surface area contributed by atoms with Crippen LogP contribution >= 0.6 is 24.0 Å². The van der Waals surface area contributed by atoms with Crippen molar-refractivity contribution in [1.29, 1.82) is 0 Å². The molecule has 0 spiro atoms. The van der Waals surface area contributed by atoms with Crippen molar-refractivity contribution in [3.63, 3.8) is 0 Å². The van der Waals surface area contributed by atoms with Gasteiger partial charge in [-0.3, -0.25) is 0 Å². The Morgan fingerprint density at radius 1 is 1.37 bits per heavy atom. The van der Waals surface area contributed by atoms with Crippen LogP contribution in [0.2, 0.25) is 0 Å². The first kappa shape index (κ1) is 17.9. The normalized spacial score (nSPS) is 10.7. The van der Waals surface area contributed by atoms with Crippen molar-refractivity contribution in [1.82, 2.24) is 10.3 Å². The van der Waals surface area contributed by atoms with E-state index in [4.69, 9.17) is 10.5 Å². The van der Waals surface area contributed by atoms with Crippen LogP contribution in [0.3, 0.4) is 0 Å². The van der Waals surface area contributed by atoms with E-state index in [9.17, 15) is 0 Å². The second-order valence-electron chi connectivity index (χ2n) is 3.98. The first-order valence-electron chi connectivity index (χ1n) is 6.37. The maximum Gasteiger partial charge on any atom is 0.213 e.